The Morgan fingerprint density at radius 2 is 0.329 bits per heavy atom. The van der Waals surface area contributed by atoms with Gasteiger partial charge >= 0.3 is 0 Å². The molecule has 32 heteroatoms. The van der Waals surface area contributed by atoms with Crippen LogP contribution in [0.15, 0.2) is 150 Å². The average molecular weight is 1050 g/mol. The third kappa shape index (κ3) is 53.4. The number of imidazole rings is 8. The summed E-state index contributed by atoms with van der Waals surface area (Å²) in [6, 6.07) is 0. The van der Waals surface area contributed by atoms with E-state index in [-0.39, 0.29) is 0 Å². The van der Waals surface area contributed by atoms with Gasteiger partial charge in [-0.25, -0.2) is 94.1 Å². The lowest BCUT2D eigenvalue weighted by Crippen LogP contribution is -2.43. The zero-order valence-electron chi connectivity index (χ0n) is 46.4. The molecule has 0 aromatic carbocycles. The molecule has 8 heterocycles. The fourth-order valence-corrected chi connectivity index (χ4v) is 4.60. The summed E-state index contributed by atoms with van der Waals surface area (Å²) in [5.41, 5.74) is 0. The van der Waals surface area contributed by atoms with Crippen LogP contribution in [-0.2, 0) is 113 Å². The molecule has 28 nitrogen and oxygen atoms in total. The molecule has 0 bridgehead atoms. The van der Waals surface area contributed by atoms with E-state index < -0.39 is 28.5 Å². The van der Waals surface area contributed by atoms with Crippen molar-refractivity contribution in [2.24, 2.45) is 113 Å². The van der Waals surface area contributed by atoms with Crippen molar-refractivity contribution in [1.29, 1.82) is 21.0 Å². The molecule has 0 aliphatic heterocycles. The SMILES string of the molecule is Cn1cc[n+](C)c1.Cn1cc[n+](C)c1.Cn1cc[n+](C)c1.Cn1cc[n+](C)c1.Cn1cc[n+](C)c1.Cn1cc[n+](C)c1.Cn1cc[n+](C)c1.Cn1cc[n+](C)c1.N#CB([O-])[O-].N#CB([O-])[O-].N#CB([O-])[O-].N#CB([O-])[O-]. The first-order valence-corrected chi connectivity index (χ1v) is 22.0. The van der Waals surface area contributed by atoms with Crippen LogP contribution in [0.4, 0.5) is 0 Å². The highest BCUT2D eigenvalue weighted by Gasteiger charge is 1.92. The second-order valence-corrected chi connectivity index (χ2v) is 15.8. The van der Waals surface area contributed by atoms with Gasteiger partial charge in [0.2, 0.25) is 50.6 Å². The van der Waals surface area contributed by atoms with Gasteiger partial charge in [-0.1, -0.05) is 0 Å². The Bertz CT molecular complexity index is 2150. The van der Waals surface area contributed by atoms with E-state index in [1.807, 2.05) is 336 Å². The Morgan fingerprint density at radius 1 is 0.250 bits per heavy atom. The number of nitriles is 4. The van der Waals surface area contributed by atoms with Crippen molar-refractivity contribution in [3.63, 3.8) is 0 Å². The minimum absolute atomic E-state index is 0.917. The van der Waals surface area contributed by atoms with Crippen molar-refractivity contribution in [3.8, 4) is 23.9 Å². The summed E-state index contributed by atoms with van der Waals surface area (Å²) in [4.78, 5) is 0. The van der Waals surface area contributed by atoms with E-state index in [2.05, 4.69) is 0 Å². The van der Waals surface area contributed by atoms with Crippen LogP contribution in [0.1, 0.15) is 0 Å². The second-order valence-electron chi connectivity index (χ2n) is 15.8. The van der Waals surface area contributed by atoms with Gasteiger partial charge < -0.3 is 40.2 Å². The maximum absolute atomic E-state index is 8.98. The molecule has 0 amide bonds. The smallest absolute Gasteiger partial charge is 0.243 e. The van der Waals surface area contributed by atoms with Gasteiger partial charge in [0.05, 0.1) is 113 Å². The Balaban J connectivity index is -0.000000373. The molecule has 0 N–H and O–H groups in total. The van der Waals surface area contributed by atoms with Crippen LogP contribution in [0.5, 0.6) is 0 Å². The van der Waals surface area contributed by atoms with E-state index in [9.17, 15) is 0 Å². The minimum atomic E-state index is -2.31. The predicted octanol–water partition coefficient (Wildman–Crippen LogP) is -12.2. The molecule has 8 aromatic rings. The number of aromatic nitrogens is 16. The molecule has 0 radical (unpaired) electrons. The van der Waals surface area contributed by atoms with E-state index in [4.69, 9.17) is 61.2 Å². The molecular formula is C44H72B4N20O8. The third-order valence-corrected chi connectivity index (χ3v) is 7.63. The number of hydrogen-bond acceptors (Lipinski definition) is 12. The largest absolute Gasteiger partial charge is 0.881 e. The van der Waals surface area contributed by atoms with Crippen LogP contribution in [0, 0.1) is 44.9 Å². The molecular weight excluding hydrogens is 980 g/mol. The maximum atomic E-state index is 8.98. The molecule has 408 valence electrons. The lowest BCUT2D eigenvalue weighted by molar-refractivity contribution is -0.671. The fourth-order valence-electron chi connectivity index (χ4n) is 4.60. The van der Waals surface area contributed by atoms with Gasteiger partial charge in [-0.2, -0.15) is 0 Å². The van der Waals surface area contributed by atoms with Crippen molar-refractivity contribution in [2.45, 2.75) is 0 Å². The zero-order valence-corrected chi connectivity index (χ0v) is 46.4. The normalized spacial score (nSPS) is 8.47. The van der Waals surface area contributed by atoms with Gasteiger partial charge in [0.15, 0.2) is 0 Å². The van der Waals surface area contributed by atoms with Crippen molar-refractivity contribution >= 4 is 28.5 Å². The highest BCUT2D eigenvalue weighted by molar-refractivity contribution is 6.47. The molecule has 0 saturated carbocycles. The molecule has 8 rings (SSSR count). The van der Waals surface area contributed by atoms with E-state index in [0.717, 1.165) is 23.9 Å². The number of rotatable bonds is 0. The average Bonchev–Trinajstić information content (AvgIpc) is 4.26. The predicted molar refractivity (Wildman–Crippen MR) is 258 cm³/mol. The molecule has 0 aliphatic carbocycles. The zero-order chi connectivity index (χ0) is 59.3. The van der Waals surface area contributed by atoms with Crippen molar-refractivity contribution in [1.82, 2.24) is 36.5 Å². The number of hydrogen-bond donors (Lipinski definition) is 0. The van der Waals surface area contributed by atoms with Crippen LogP contribution in [0.2, 0.25) is 0 Å². The number of nitrogens with zero attached hydrogens (tertiary/aromatic N) is 20. The summed E-state index contributed by atoms with van der Waals surface area (Å²) in [5, 5.41) is 101. The van der Waals surface area contributed by atoms with Gasteiger partial charge in [-0.3, -0.25) is 0 Å². The van der Waals surface area contributed by atoms with Gasteiger partial charge in [0.25, 0.3) is 0 Å². The van der Waals surface area contributed by atoms with Gasteiger partial charge in [-0.05, 0) is 23.9 Å². The second kappa shape index (κ2) is 45.2. The summed E-state index contributed by atoms with van der Waals surface area (Å²) < 4.78 is 32.0. The topological polar surface area (TPSA) is 350 Å². The van der Waals surface area contributed by atoms with E-state index in [0.29, 0.717) is 0 Å². The van der Waals surface area contributed by atoms with E-state index in [1.54, 1.807) is 0 Å². The monoisotopic (exact) mass is 1050 g/mol. The Morgan fingerprint density at radius 3 is 0.342 bits per heavy atom. The van der Waals surface area contributed by atoms with E-state index >= 15 is 0 Å². The molecule has 0 aliphatic rings. The van der Waals surface area contributed by atoms with Crippen molar-refractivity contribution in [3.05, 3.63) is 150 Å². The van der Waals surface area contributed by atoms with Crippen LogP contribution in [-0.4, -0.2) is 65.0 Å². The number of aryl methyl sites for hydroxylation is 16. The fraction of sp³-hybridized carbons (Fsp3) is 0.364. The molecule has 8 aromatic heterocycles. The maximum Gasteiger partial charge on any atom is 0.243 e. The van der Waals surface area contributed by atoms with Crippen LogP contribution >= 0.6 is 0 Å². The highest BCUT2D eigenvalue weighted by atomic mass is 16.4. The Hall–Kier alpha value is -8.42. The lowest BCUT2D eigenvalue weighted by atomic mass is 9.97. The summed E-state index contributed by atoms with van der Waals surface area (Å²) in [7, 11) is 22.8. The third-order valence-electron chi connectivity index (χ3n) is 7.63. The Labute approximate surface area is 447 Å². The van der Waals surface area contributed by atoms with Crippen molar-refractivity contribution < 1.29 is 76.7 Å². The van der Waals surface area contributed by atoms with Gasteiger partial charge in [0.1, 0.15) is 99.1 Å². The Kier molecular flexibility index (Phi) is 44.1. The molecule has 76 heavy (non-hydrogen) atoms. The van der Waals surface area contributed by atoms with Crippen molar-refractivity contribution in [2.75, 3.05) is 0 Å². The highest BCUT2D eigenvalue weighted by Crippen LogP contribution is 1.75. The first kappa shape index (κ1) is 74.1. The first-order valence-electron chi connectivity index (χ1n) is 22.0. The quantitative estimate of drug-likeness (QED) is 0.101. The van der Waals surface area contributed by atoms with E-state index in [1.165, 1.54) is 0 Å². The standard InChI is InChI=1S/8C5H9N2.4CBNO2/c8*1-6-3-4-7(2)5-6;4*3-1-2(4)5/h8*3-5H,1-2H3;;;;/q8*+1;4*-2. The summed E-state index contributed by atoms with van der Waals surface area (Å²) in [6.45, 7) is 0. The molecule has 0 atom stereocenters. The molecule has 0 saturated heterocycles. The van der Waals surface area contributed by atoms with Gasteiger partial charge in [0, 0.05) is 28.5 Å². The molecule has 0 unspecified atom stereocenters. The summed E-state index contributed by atoms with van der Waals surface area (Å²) in [6.07, 6.45) is 48.0. The molecule has 0 fully saturated rings. The van der Waals surface area contributed by atoms with Crippen LogP contribution in [0.3, 0.4) is 0 Å². The first-order chi connectivity index (χ1) is 35.4. The van der Waals surface area contributed by atoms with Gasteiger partial charge in [-0.15, -0.1) is 0 Å². The molecule has 0 spiro atoms. The minimum Gasteiger partial charge on any atom is -0.881 e. The summed E-state index contributed by atoms with van der Waals surface area (Å²) in [5.74, 6) is 3.67. The van der Waals surface area contributed by atoms with Crippen LogP contribution < -0.4 is 76.7 Å². The van der Waals surface area contributed by atoms with Crippen LogP contribution in [0.25, 0.3) is 0 Å². The summed E-state index contributed by atoms with van der Waals surface area (Å²) >= 11 is 0. The lowest BCUT2D eigenvalue weighted by Gasteiger charge is -2.12.